The van der Waals surface area contributed by atoms with Gasteiger partial charge in [-0.1, -0.05) is 149 Å². The smallest absolute Gasteiger partial charge is 0.412 e. The Hall–Kier alpha value is -8.77. The van der Waals surface area contributed by atoms with Gasteiger partial charge in [0.15, 0.2) is 0 Å². The summed E-state index contributed by atoms with van der Waals surface area (Å²) in [6.07, 6.45) is 8.43. The van der Waals surface area contributed by atoms with Gasteiger partial charge in [0.05, 0.1) is 6.04 Å². The molecule has 0 aromatic heterocycles. The average molecular weight is 1420 g/mol. The summed E-state index contributed by atoms with van der Waals surface area (Å²) in [7, 11) is 8.57. The lowest BCUT2D eigenvalue weighted by molar-refractivity contribution is -0.162. The first kappa shape index (κ1) is 83.9. The van der Waals surface area contributed by atoms with E-state index in [0.29, 0.717) is 44.6 Å². The number of carboxylic acids is 1. The number of aliphatic carboxylic acids is 1. The number of likely N-dealkylation sites (tertiary alicyclic amines) is 4. The minimum atomic E-state index is -0.961. The van der Waals surface area contributed by atoms with Gasteiger partial charge in [0.2, 0.25) is 11.8 Å². The molecule has 5 saturated heterocycles. The molecular formula is C78H113N7O17. The zero-order valence-corrected chi connectivity index (χ0v) is 62.7. The molecule has 9 rings (SSSR count). The van der Waals surface area contributed by atoms with Gasteiger partial charge in [-0.15, -0.1) is 0 Å². The third-order valence-corrected chi connectivity index (χ3v) is 18.0. The minimum absolute atomic E-state index is 0.0193. The van der Waals surface area contributed by atoms with E-state index in [4.69, 9.17) is 33.2 Å². The highest BCUT2D eigenvalue weighted by molar-refractivity contribution is 5.87. The van der Waals surface area contributed by atoms with Crippen LogP contribution in [0.4, 0.5) is 19.2 Å². The van der Waals surface area contributed by atoms with Crippen LogP contribution < -0.4 is 5.32 Å². The fourth-order valence-corrected chi connectivity index (χ4v) is 12.7. The Morgan fingerprint density at radius 3 is 1.04 bits per heavy atom. The predicted molar refractivity (Wildman–Crippen MR) is 386 cm³/mol. The molecular weight excluding hydrogens is 1310 g/mol. The van der Waals surface area contributed by atoms with E-state index in [9.17, 15) is 48.3 Å². The number of carbonyl (C=O) groups excluding carboxylic acids is 8. The molecule has 0 radical (unpaired) electrons. The molecule has 562 valence electrons. The van der Waals surface area contributed by atoms with E-state index in [2.05, 4.69) is 12.2 Å². The van der Waals surface area contributed by atoms with Crippen molar-refractivity contribution in [2.45, 2.75) is 257 Å². The number of carboxylic acid groups (broad SMARTS) is 1. The van der Waals surface area contributed by atoms with Crippen molar-refractivity contribution in [1.82, 2.24) is 34.7 Å². The number of rotatable bonds is 18. The van der Waals surface area contributed by atoms with Crippen LogP contribution >= 0.6 is 0 Å². The lowest BCUT2D eigenvalue weighted by atomic mass is 10.1. The Labute approximate surface area is 603 Å². The van der Waals surface area contributed by atoms with Crippen LogP contribution in [0.1, 0.15) is 181 Å². The zero-order chi connectivity index (χ0) is 75.3. The lowest BCUT2D eigenvalue weighted by Crippen LogP contribution is -2.48. The minimum Gasteiger partial charge on any atom is -0.480 e. The third kappa shape index (κ3) is 26.2. The molecule has 0 spiro atoms. The number of hydrogen-bond acceptors (Lipinski definition) is 17. The van der Waals surface area contributed by atoms with Crippen LogP contribution in [-0.2, 0) is 83.6 Å². The van der Waals surface area contributed by atoms with Gasteiger partial charge in [0, 0.05) is 59.5 Å². The molecule has 0 unspecified atom stereocenters. The topological polar surface area (TPSA) is 270 Å². The van der Waals surface area contributed by atoms with Gasteiger partial charge >= 0.3 is 42.3 Å². The molecule has 5 heterocycles. The highest BCUT2D eigenvalue weighted by Crippen LogP contribution is 2.33. The molecule has 6 amide bonds. The second-order valence-electron chi connectivity index (χ2n) is 28.3. The first-order valence-electron chi connectivity index (χ1n) is 35.8. The van der Waals surface area contributed by atoms with Crippen molar-refractivity contribution in [1.29, 1.82) is 0 Å². The maximum atomic E-state index is 12.6. The van der Waals surface area contributed by atoms with Gasteiger partial charge in [0.1, 0.15) is 68.0 Å². The van der Waals surface area contributed by atoms with Gasteiger partial charge in [-0.25, -0.2) is 33.6 Å². The van der Waals surface area contributed by atoms with Gasteiger partial charge in [-0.3, -0.25) is 29.2 Å². The first-order valence-corrected chi connectivity index (χ1v) is 35.8. The summed E-state index contributed by atoms with van der Waals surface area (Å²) in [5.41, 5.74) is 2.46. The van der Waals surface area contributed by atoms with Gasteiger partial charge < -0.3 is 53.4 Å². The number of nitrogens with zero attached hydrogens (tertiary/aromatic N) is 6. The monoisotopic (exact) mass is 1420 g/mol. The van der Waals surface area contributed by atoms with Crippen LogP contribution in [0.2, 0.25) is 0 Å². The number of likely N-dealkylation sites (N-methyl/N-ethyl adjacent to an activating group) is 2. The lowest BCUT2D eigenvalue weighted by Gasteiger charge is -2.30. The second-order valence-corrected chi connectivity index (χ2v) is 28.3. The highest BCUT2D eigenvalue weighted by atomic mass is 16.6. The van der Waals surface area contributed by atoms with E-state index in [1.165, 1.54) is 16.9 Å². The van der Waals surface area contributed by atoms with Crippen molar-refractivity contribution in [2.75, 3.05) is 35.3 Å². The number of carbonyl (C=O) groups is 9. The molecule has 24 heteroatoms. The predicted octanol–water partition coefficient (Wildman–Crippen LogP) is 12.9. The Balaban J connectivity index is 0.000000233. The number of esters is 2. The summed E-state index contributed by atoms with van der Waals surface area (Å²) in [6, 6.07) is 36.1. The fourth-order valence-electron chi connectivity index (χ4n) is 12.7. The maximum Gasteiger partial charge on any atom is 0.412 e. The highest BCUT2D eigenvalue weighted by Gasteiger charge is 2.46. The van der Waals surface area contributed by atoms with Crippen LogP contribution in [0.15, 0.2) is 121 Å². The van der Waals surface area contributed by atoms with E-state index < -0.39 is 77.9 Å². The van der Waals surface area contributed by atoms with Gasteiger partial charge in [-0.2, -0.15) is 0 Å². The number of nitrogens with one attached hydrogen (secondary N) is 1. The Kier molecular flexibility index (Phi) is 34.0. The SMILES string of the molecule is CC[C@@H]1CC[C@@H](C(=O)N(C)C)N1.CC[C@@H]1CC[C@@H](C(=O)N(C)C)N1C(=O)OCc1ccccc1.CC[C@@H]1CC[C@@H](C(=O)O)N1C(=O)OCc1ccccc1.CC[C@@H]1CC[C@@H](C(=O)OC(C)(C)C)N1C(=O)OCc1ccccc1.CO[C@@H]1CC[C@@H](C(=O)OC(C)(C)C)N1C(=O)OCc1ccccc1. The van der Waals surface area contributed by atoms with E-state index >= 15 is 0 Å². The summed E-state index contributed by atoms with van der Waals surface area (Å²) in [5.74, 6) is -1.56. The summed E-state index contributed by atoms with van der Waals surface area (Å²) in [5, 5.41) is 12.5. The molecule has 5 aliphatic rings. The van der Waals surface area contributed by atoms with E-state index in [1.807, 2.05) is 177 Å². The molecule has 5 aliphatic heterocycles. The van der Waals surface area contributed by atoms with Crippen molar-refractivity contribution in [3.63, 3.8) is 0 Å². The summed E-state index contributed by atoms with van der Waals surface area (Å²) in [4.78, 5) is 119. The van der Waals surface area contributed by atoms with Crippen molar-refractivity contribution < 1.29 is 81.4 Å². The Bertz CT molecular complexity index is 3160. The zero-order valence-electron chi connectivity index (χ0n) is 62.7. The van der Waals surface area contributed by atoms with E-state index in [-0.39, 0.29) is 68.4 Å². The van der Waals surface area contributed by atoms with E-state index in [1.54, 1.807) is 54.5 Å². The molecule has 4 aromatic rings. The molecule has 4 aromatic carbocycles. The largest absolute Gasteiger partial charge is 0.480 e. The van der Waals surface area contributed by atoms with Crippen LogP contribution in [0.25, 0.3) is 0 Å². The fraction of sp³-hybridized carbons (Fsp3) is 0.577. The number of benzene rings is 4. The molecule has 2 N–H and O–H groups in total. The Morgan fingerprint density at radius 1 is 0.412 bits per heavy atom. The van der Waals surface area contributed by atoms with E-state index in [0.717, 1.165) is 73.6 Å². The van der Waals surface area contributed by atoms with Crippen LogP contribution in [0.3, 0.4) is 0 Å². The second kappa shape index (κ2) is 41.4. The molecule has 0 bridgehead atoms. The average Bonchev–Trinajstić information content (AvgIpc) is 1.68. The normalized spacial score (nSPS) is 21.9. The van der Waals surface area contributed by atoms with Gasteiger partial charge in [0.25, 0.3) is 0 Å². The number of ether oxygens (including phenoxy) is 7. The molecule has 10 atom stereocenters. The number of methoxy groups -OCH3 is 1. The van der Waals surface area contributed by atoms with Crippen molar-refractivity contribution >= 4 is 54.1 Å². The maximum absolute atomic E-state index is 12.6. The standard InChI is InChI=1S/C19H27NO4.C18H25NO5.C17H24N2O3.C15H19NO4.C9H18N2O/c1-5-15-11-12-16(17(21)24-19(2,3)4)20(15)18(22)23-13-14-9-7-6-8-10-14;1-18(2,3)24-16(20)14-10-11-15(22-4)19(14)17(21)23-12-13-8-6-5-7-9-13;1-4-14-10-11-15(16(20)18(2)3)19(14)17(21)22-12-13-8-6-5-7-9-13;1-2-12-8-9-13(14(17)18)16(12)15(19)20-10-11-6-4-3-5-7-11;1-4-7-5-6-8(10-7)9(12)11(2)3/h6-10,15-16H,5,11-13H2,1-4H3;5-9,14-15H,10-12H2,1-4H3;5-9,14-15H,4,10-12H2,1-3H3;3-7,12-13H,2,8-10H2,1H3,(H,17,18);7-8,10H,4-6H2,1-3H3/t15-,16+;2*14-,15+;12-,13+;7-,8+/m10111/s1. The van der Waals surface area contributed by atoms with Crippen molar-refractivity contribution in [3.8, 4) is 0 Å². The third-order valence-electron chi connectivity index (χ3n) is 18.0. The summed E-state index contributed by atoms with van der Waals surface area (Å²) >= 11 is 0. The number of amides is 6. The summed E-state index contributed by atoms with van der Waals surface area (Å²) in [6.45, 7) is 19.8. The van der Waals surface area contributed by atoms with Crippen molar-refractivity contribution in [2.24, 2.45) is 0 Å². The Morgan fingerprint density at radius 2 is 0.725 bits per heavy atom. The molecule has 0 saturated carbocycles. The first-order chi connectivity index (χ1) is 48.4. The summed E-state index contributed by atoms with van der Waals surface area (Å²) < 4.78 is 37.7. The van der Waals surface area contributed by atoms with Crippen LogP contribution in [-0.4, -0.2) is 196 Å². The number of hydrogen-bond donors (Lipinski definition) is 2. The van der Waals surface area contributed by atoms with Gasteiger partial charge in [-0.05, 0) is 154 Å². The molecule has 102 heavy (non-hydrogen) atoms. The molecule has 5 fully saturated rings. The quantitative estimate of drug-likeness (QED) is 0.0692. The van der Waals surface area contributed by atoms with Crippen molar-refractivity contribution in [3.05, 3.63) is 144 Å². The molecule has 24 nitrogen and oxygen atoms in total. The molecule has 0 aliphatic carbocycles. The van der Waals surface area contributed by atoms with Crippen LogP contribution in [0.5, 0.6) is 0 Å². The van der Waals surface area contributed by atoms with Crippen LogP contribution in [0, 0.1) is 0 Å².